The van der Waals surface area contributed by atoms with E-state index in [1.165, 1.54) is 0 Å². The van der Waals surface area contributed by atoms with Crippen molar-refractivity contribution in [1.29, 1.82) is 0 Å². The second kappa shape index (κ2) is 6.50. The zero-order valence-electron chi connectivity index (χ0n) is 11.6. The quantitative estimate of drug-likeness (QED) is 0.818. The van der Waals surface area contributed by atoms with Gasteiger partial charge in [0.1, 0.15) is 17.2 Å². The highest BCUT2D eigenvalue weighted by Gasteiger charge is 2.18. The molecule has 1 aromatic rings. The highest BCUT2D eigenvalue weighted by molar-refractivity contribution is 5.51. The zero-order valence-corrected chi connectivity index (χ0v) is 11.6. The molecule has 0 radical (unpaired) electrons. The number of methoxy groups -OCH3 is 2. The molecular formula is C14H23NO3. The molecule has 102 valence electrons. The summed E-state index contributed by atoms with van der Waals surface area (Å²) in [5, 5.41) is 10.0. The van der Waals surface area contributed by atoms with Gasteiger partial charge in [0.15, 0.2) is 0 Å². The molecule has 0 heterocycles. The van der Waals surface area contributed by atoms with E-state index in [0.717, 1.165) is 12.8 Å². The Balaban J connectivity index is 2.99. The average Bonchev–Trinajstić information content (AvgIpc) is 2.34. The number of hydrogen-bond acceptors (Lipinski definition) is 4. The van der Waals surface area contributed by atoms with E-state index in [1.54, 1.807) is 26.4 Å². The summed E-state index contributed by atoms with van der Waals surface area (Å²) in [5.74, 6) is 1.84. The molecule has 0 saturated carbocycles. The summed E-state index contributed by atoms with van der Waals surface area (Å²) in [6.45, 7) is 4.30. The minimum absolute atomic E-state index is 0.127. The predicted molar refractivity (Wildman–Crippen MR) is 72.2 cm³/mol. The lowest BCUT2D eigenvalue weighted by molar-refractivity contribution is 0.371. The fourth-order valence-electron chi connectivity index (χ4n) is 1.90. The standard InChI is InChI=1S/C14H23NO3/c1-9(2)5-6-11(15)14-12(16)7-10(17-3)8-13(14)18-4/h7-9,11,16H,5-6,15H2,1-4H3/t11-/m1/s1. The maximum Gasteiger partial charge on any atom is 0.131 e. The van der Waals surface area contributed by atoms with Crippen molar-refractivity contribution in [2.75, 3.05) is 14.2 Å². The highest BCUT2D eigenvalue weighted by atomic mass is 16.5. The van der Waals surface area contributed by atoms with Gasteiger partial charge in [-0.3, -0.25) is 0 Å². The molecule has 18 heavy (non-hydrogen) atoms. The van der Waals surface area contributed by atoms with Crippen molar-refractivity contribution in [1.82, 2.24) is 0 Å². The zero-order chi connectivity index (χ0) is 13.7. The van der Waals surface area contributed by atoms with E-state index in [9.17, 15) is 5.11 Å². The second-order valence-electron chi connectivity index (χ2n) is 4.84. The van der Waals surface area contributed by atoms with Crippen molar-refractivity contribution >= 4 is 0 Å². The summed E-state index contributed by atoms with van der Waals surface area (Å²) in [6.07, 6.45) is 1.82. The van der Waals surface area contributed by atoms with Crippen LogP contribution in [0.5, 0.6) is 17.2 Å². The summed E-state index contributed by atoms with van der Waals surface area (Å²) < 4.78 is 10.4. The smallest absolute Gasteiger partial charge is 0.131 e. The fraction of sp³-hybridized carbons (Fsp3) is 0.571. The summed E-state index contributed by atoms with van der Waals surface area (Å²) in [5.41, 5.74) is 6.78. The predicted octanol–water partition coefficient (Wildman–Crippen LogP) is 2.85. The molecule has 0 saturated heterocycles. The lowest BCUT2D eigenvalue weighted by Crippen LogP contribution is -2.13. The number of hydrogen-bond donors (Lipinski definition) is 2. The van der Waals surface area contributed by atoms with Crippen molar-refractivity contribution < 1.29 is 14.6 Å². The van der Waals surface area contributed by atoms with Crippen LogP contribution in [0.2, 0.25) is 0 Å². The van der Waals surface area contributed by atoms with Crippen LogP contribution in [0.1, 0.15) is 38.3 Å². The molecule has 1 atom stereocenters. The van der Waals surface area contributed by atoms with Crippen molar-refractivity contribution in [2.24, 2.45) is 11.7 Å². The van der Waals surface area contributed by atoms with Crippen molar-refractivity contribution in [3.63, 3.8) is 0 Å². The van der Waals surface area contributed by atoms with Crippen LogP contribution in [0.15, 0.2) is 12.1 Å². The molecule has 4 nitrogen and oxygen atoms in total. The Morgan fingerprint density at radius 2 is 1.83 bits per heavy atom. The minimum Gasteiger partial charge on any atom is -0.507 e. The van der Waals surface area contributed by atoms with Gasteiger partial charge < -0.3 is 20.3 Å². The van der Waals surface area contributed by atoms with Crippen LogP contribution in [0.3, 0.4) is 0 Å². The largest absolute Gasteiger partial charge is 0.507 e. The number of ether oxygens (including phenoxy) is 2. The van der Waals surface area contributed by atoms with E-state index in [4.69, 9.17) is 15.2 Å². The Morgan fingerprint density at radius 3 is 2.33 bits per heavy atom. The van der Waals surface area contributed by atoms with E-state index >= 15 is 0 Å². The molecule has 0 aliphatic rings. The molecule has 0 unspecified atom stereocenters. The molecule has 0 amide bonds. The first-order valence-corrected chi connectivity index (χ1v) is 6.20. The molecule has 0 bridgehead atoms. The van der Waals surface area contributed by atoms with Gasteiger partial charge in [-0.05, 0) is 18.8 Å². The first kappa shape index (κ1) is 14.6. The van der Waals surface area contributed by atoms with E-state index in [-0.39, 0.29) is 11.8 Å². The normalized spacial score (nSPS) is 12.6. The number of nitrogens with two attached hydrogens (primary N) is 1. The summed E-state index contributed by atoms with van der Waals surface area (Å²) >= 11 is 0. The molecule has 0 aromatic heterocycles. The van der Waals surface area contributed by atoms with Gasteiger partial charge in [-0.15, -0.1) is 0 Å². The molecule has 0 aliphatic carbocycles. The highest BCUT2D eigenvalue weighted by Crippen LogP contribution is 2.38. The third-order valence-corrected chi connectivity index (χ3v) is 2.98. The Labute approximate surface area is 109 Å². The SMILES string of the molecule is COc1cc(O)c([C@H](N)CCC(C)C)c(OC)c1. The van der Waals surface area contributed by atoms with E-state index in [1.807, 2.05) is 0 Å². The van der Waals surface area contributed by atoms with Crippen LogP contribution in [0.4, 0.5) is 0 Å². The molecular weight excluding hydrogens is 230 g/mol. The second-order valence-corrected chi connectivity index (χ2v) is 4.84. The first-order chi connectivity index (χ1) is 8.49. The van der Waals surface area contributed by atoms with Gasteiger partial charge in [0.2, 0.25) is 0 Å². The molecule has 1 rings (SSSR count). The first-order valence-electron chi connectivity index (χ1n) is 6.20. The average molecular weight is 253 g/mol. The topological polar surface area (TPSA) is 64.7 Å². The van der Waals surface area contributed by atoms with Crippen molar-refractivity contribution in [3.05, 3.63) is 17.7 Å². The Bertz CT molecular complexity index is 391. The van der Waals surface area contributed by atoms with Gasteiger partial charge in [0.05, 0.1) is 19.8 Å². The van der Waals surface area contributed by atoms with Gasteiger partial charge in [-0.1, -0.05) is 13.8 Å². The van der Waals surface area contributed by atoms with Gasteiger partial charge in [0, 0.05) is 18.2 Å². The fourth-order valence-corrected chi connectivity index (χ4v) is 1.90. The number of aromatic hydroxyl groups is 1. The molecule has 0 aliphatic heterocycles. The Hall–Kier alpha value is -1.42. The van der Waals surface area contributed by atoms with Crippen LogP contribution in [0, 0.1) is 5.92 Å². The van der Waals surface area contributed by atoms with Crippen LogP contribution in [-0.2, 0) is 0 Å². The number of benzene rings is 1. The monoisotopic (exact) mass is 253 g/mol. The van der Waals surface area contributed by atoms with Crippen molar-refractivity contribution in [2.45, 2.75) is 32.7 Å². The Morgan fingerprint density at radius 1 is 1.17 bits per heavy atom. The Kier molecular flexibility index (Phi) is 5.28. The van der Waals surface area contributed by atoms with Crippen LogP contribution >= 0.6 is 0 Å². The molecule has 0 spiro atoms. The lowest BCUT2D eigenvalue weighted by atomic mass is 9.97. The van der Waals surface area contributed by atoms with Gasteiger partial charge in [-0.2, -0.15) is 0 Å². The third-order valence-electron chi connectivity index (χ3n) is 2.98. The maximum atomic E-state index is 10.0. The molecule has 0 fully saturated rings. The summed E-state index contributed by atoms with van der Waals surface area (Å²) in [4.78, 5) is 0. The van der Waals surface area contributed by atoms with E-state index in [2.05, 4.69) is 13.8 Å². The van der Waals surface area contributed by atoms with Crippen molar-refractivity contribution in [3.8, 4) is 17.2 Å². The van der Waals surface area contributed by atoms with E-state index < -0.39 is 0 Å². The third kappa shape index (κ3) is 3.53. The van der Waals surface area contributed by atoms with Gasteiger partial charge >= 0.3 is 0 Å². The number of rotatable bonds is 6. The van der Waals surface area contributed by atoms with Gasteiger partial charge in [0.25, 0.3) is 0 Å². The minimum atomic E-state index is -0.228. The lowest BCUT2D eigenvalue weighted by Gasteiger charge is -2.19. The number of phenolic OH excluding ortho intramolecular Hbond substituents is 1. The van der Waals surface area contributed by atoms with Crippen LogP contribution in [0.25, 0.3) is 0 Å². The summed E-state index contributed by atoms with van der Waals surface area (Å²) in [6, 6.07) is 3.07. The van der Waals surface area contributed by atoms with Crippen LogP contribution in [-0.4, -0.2) is 19.3 Å². The molecule has 3 N–H and O–H groups in total. The maximum absolute atomic E-state index is 10.0. The molecule has 4 heteroatoms. The van der Waals surface area contributed by atoms with Crippen LogP contribution < -0.4 is 15.2 Å². The molecule has 1 aromatic carbocycles. The summed E-state index contributed by atoms with van der Waals surface area (Å²) in [7, 11) is 3.11. The number of phenols is 1. The van der Waals surface area contributed by atoms with E-state index in [0.29, 0.717) is 23.0 Å². The van der Waals surface area contributed by atoms with Gasteiger partial charge in [-0.25, -0.2) is 0 Å².